The number of ether oxygens (including phenoxy) is 1. The van der Waals surface area contributed by atoms with E-state index in [1.807, 2.05) is 20.8 Å². The van der Waals surface area contributed by atoms with E-state index >= 15 is 0 Å². The van der Waals surface area contributed by atoms with E-state index in [0.29, 0.717) is 24.8 Å². The van der Waals surface area contributed by atoms with Crippen molar-refractivity contribution >= 4 is 0 Å². The van der Waals surface area contributed by atoms with E-state index in [9.17, 15) is 8.78 Å². The summed E-state index contributed by atoms with van der Waals surface area (Å²) < 4.78 is 32.9. The fraction of sp³-hybridized carbons (Fsp3) is 0.571. The Morgan fingerprint density at radius 2 is 1.83 bits per heavy atom. The quantitative estimate of drug-likeness (QED) is 0.808. The zero-order chi connectivity index (χ0) is 13.6. The Morgan fingerprint density at radius 1 is 1.22 bits per heavy atom. The number of halogens is 2. The smallest absolute Gasteiger partial charge is 0.285 e. The van der Waals surface area contributed by atoms with Gasteiger partial charge in [0.1, 0.15) is 5.75 Å². The van der Waals surface area contributed by atoms with Crippen molar-refractivity contribution in [1.82, 2.24) is 5.32 Å². The van der Waals surface area contributed by atoms with Crippen LogP contribution in [0, 0.1) is 5.92 Å². The van der Waals surface area contributed by atoms with E-state index in [1.165, 1.54) is 12.1 Å². The molecule has 0 aliphatic heterocycles. The van der Waals surface area contributed by atoms with Crippen LogP contribution in [-0.2, 0) is 5.92 Å². The molecule has 1 rings (SSSR count). The van der Waals surface area contributed by atoms with Gasteiger partial charge >= 0.3 is 0 Å². The number of benzene rings is 1. The lowest BCUT2D eigenvalue weighted by molar-refractivity contribution is -0.00356. The van der Waals surface area contributed by atoms with Crippen LogP contribution in [0.5, 0.6) is 5.75 Å². The zero-order valence-electron chi connectivity index (χ0n) is 11.2. The monoisotopic (exact) mass is 257 g/mol. The lowest BCUT2D eigenvalue weighted by Crippen LogP contribution is -2.32. The van der Waals surface area contributed by atoms with Gasteiger partial charge in [-0.3, -0.25) is 0 Å². The molecule has 0 amide bonds. The lowest BCUT2D eigenvalue weighted by Gasteiger charge is -2.18. The number of alkyl halides is 2. The van der Waals surface area contributed by atoms with Gasteiger partial charge in [-0.1, -0.05) is 13.8 Å². The number of rotatable bonds is 7. The first kappa shape index (κ1) is 14.9. The second-order valence-corrected chi connectivity index (χ2v) is 4.69. The minimum Gasteiger partial charge on any atom is -0.494 e. The Hall–Kier alpha value is -1.16. The average molecular weight is 257 g/mol. The van der Waals surface area contributed by atoms with Gasteiger partial charge in [0.25, 0.3) is 5.92 Å². The summed E-state index contributed by atoms with van der Waals surface area (Å²) >= 11 is 0. The summed E-state index contributed by atoms with van der Waals surface area (Å²) in [6.45, 7) is 6.62. The molecule has 0 bridgehead atoms. The van der Waals surface area contributed by atoms with E-state index in [1.54, 1.807) is 12.1 Å². The Labute approximate surface area is 107 Å². The Balaban J connectivity index is 2.60. The Morgan fingerprint density at radius 3 is 2.33 bits per heavy atom. The van der Waals surface area contributed by atoms with Gasteiger partial charge in [-0.05, 0) is 43.7 Å². The molecular weight excluding hydrogens is 236 g/mol. The van der Waals surface area contributed by atoms with Crippen molar-refractivity contribution < 1.29 is 13.5 Å². The van der Waals surface area contributed by atoms with Crippen LogP contribution >= 0.6 is 0 Å². The first-order valence-electron chi connectivity index (χ1n) is 6.27. The van der Waals surface area contributed by atoms with E-state index < -0.39 is 5.92 Å². The van der Waals surface area contributed by atoms with Crippen LogP contribution < -0.4 is 10.1 Å². The van der Waals surface area contributed by atoms with Crippen LogP contribution in [0.1, 0.15) is 26.3 Å². The summed E-state index contributed by atoms with van der Waals surface area (Å²) in [6.07, 6.45) is 0. The summed E-state index contributed by atoms with van der Waals surface area (Å²) in [7, 11) is 0. The minimum atomic E-state index is -2.85. The average Bonchev–Trinajstić information content (AvgIpc) is 2.29. The minimum absolute atomic E-state index is 0.0159. The maximum absolute atomic E-state index is 13.8. The van der Waals surface area contributed by atoms with Crippen molar-refractivity contribution in [2.45, 2.75) is 26.7 Å². The molecule has 2 nitrogen and oxygen atoms in total. The first-order valence-corrected chi connectivity index (χ1v) is 6.27. The first-order chi connectivity index (χ1) is 8.45. The summed E-state index contributed by atoms with van der Waals surface area (Å²) in [5.74, 6) is -1.87. The van der Waals surface area contributed by atoms with Crippen LogP contribution in [0.3, 0.4) is 0 Å². The molecule has 4 heteroatoms. The molecule has 1 N–H and O–H groups in total. The predicted octanol–water partition coefficient (Wildman–Crippen LogP) is 3.42. The summed E-state index contributed by atoms with van der Waals surface area (Å²) in [5.41, 5.74) is 0.0159. The maximum atomic E-state index is 13.8. The standard InChI is InChI=1S/C14H21F2NO/c1-4-18-13-7-5-12(6-8-13)14(15,16)10-17-9-11(2)3/h5-8,11,17H,4,9-10H2,1-3H3. The van der Waals surface area contributed by atoms with Crippen molar-refractivity contribution in [1.29, 1.82) is 0 Å². The molecule has 1 aromatic carbocycles. The highest BCUT2D eigenvalue weighted by molar-refractivity contribution is 5.30. The highest BCUT2D eigenvalue weighted by atomic mass is 19.3. The normalized spacial score (nSPS) is 11.9. The molecule has 0 fully saturated rings. The van der Waals surface area contributed by atoms with Gasteiger partial charge in [-0.2, -0.15) is 8.78 Å². The number of nitrogens with one attached hydrogen (secondary N) is 1. The molecule has 0 saturated heterocycles. The molecule has 0 saturated carbocycles. The topological polar surface area (TPSA) is 21.3 Å². The molecule has 0 aromatic heterocycles. The molecule has 0 atom stereocenters. The molecule has 0 aliphatic carbocycles. The maximum Gasteiger partial charge on any atom is 0.285 e. The molecule has 102 valence electrons. The third-order valence-electron chi connectivity index (χ3n) is 2.49. The van der Waals surface area contributed by atoms with Gasteiger partial charge in [0, 0.05) is 5.56 Å². The van der Waals surface area contributed by atoms with E-state index in [0.717, 1.165) is 0 Å². The Kier molecular flexibility index (Phi) is 5.54. The Bertz CT molecular complexity index is 349. The van der Waals surface area contributed by atoms with Crippen molar-refractivity contribution in [3.8, 4) is 5.75 Å². The van der Waals surface area contributed by atoms with Crippen molar-refractivity contribution in [3.63, 3.8) is 0 Å². The van der Waals surface area contributed by atoms with Gasteiger partial charge < -0.3 is 10.1 Å². The summed E-state index contributed by atoms with van der Waals surface area (Å²) in [6, 6.07) is 5.99. The van der Waals surface area contributed by atoms with Crippen LogP contribution in [0.25, 0.3) is 0 Å². The SMILES string of the molecule is CCOc1ccc(C(F)(F)CNCC(C)C)cc1. The molecule has 0 spiro atoms. The highest BCUT2D eigenvalue weighted by Gasteiger charge is 2.30. The third-order valence-corrected chi connectivity index (χ3v) is 2.49. The second kappa shape index (κ2) is 6.69. The van der Waals surface area contributed by atoms with Crippen LogP contribution in [0.4, 0.5) is 8.78 Å². The molecule has 18 heavy (non-hydrogen) atoms. The van der Waals surface area contributed by atoms with Gasteiger partial charge in [-0.25, -0.2) is 0 Å². The zero-order valence-corrected chi connectivity index (χ0v) is 11.2. The largest absolute Gasteiger partial charge is 0.494 e. The molecule has 1 aromatic rings. The molecule has 0 aliphatic rings. The van der Waals surface area contributed by atoms with Crippen molar-refractivity contribution in [3.05, 3.63) is 29.8 Å². The highest BCUT2D eigenvalue weighted by Crippen LogP contribution is 2.28. The van der Waals surface area contributed by atoms with Gasteiger partial charge in [0.15, 0.2) is 0 Å². The van der Waals surface area contributed by atoms with Gasteiger partial charge in [0.05, 0.1) is 13.2 Å². The fourth-order valence-electron chi connectivity index (χ4n) is 1.58. The molecular formula is C14H21F2NO. The molecule has 0 heterocycles. The number of hydrogen-bond acceptors (Lipinski definition) is 2. The van der Waals surface area contributed by atoms with Gasteiger partial charge in [0.2, 0.25) is 0 Å². The van der Waals surface area contributed by atoms with Crippen LogP contribution in [0.15, 0.2) is 24.3 Å². The van der Waals surface area contributed by atoms with Crippen LogP contribution in [0.2, 0.25) is 0 Å². The number of hydrogen-bond donors (Lipinski definition) is 1. The van der Waals surface area contributed by atoms with E-state index in [2.05, 4.69) is 5.32 Å². The third kappa shape index (κ3) is 4.61. The van der Waals surface area contributed by atoms with Crippen molar-refractivity contribution in [2.75, 3.05) is 19.7 Å². The summed E-state index contributed by atoms with van der Waals surface area (Å²) in [5, 5.41) is 2.78. The van der Waals surface area contributed by atoms with E-state index in [-0.39, 0.29) is 12.1 Å². The van der Waals surface area contributed by atoms with Crippen molar-refractivity contribution in [2.24, 2.45) is 5.92 Å². The van der Waals surface area contributed by atoms with Crippen LogP contribution in [-0.4, -0.2) is 19.7 Å². The molecule has 0 radical (unpaired) electrons. The second-order valence-electron chi connectivity index (χ2n) is 4.69. The molecule has 0 unspecified atom stereocenters. The summed E-state index contributed by atoms with van der Waals surface area (Å²) in [4.78, 5) is 0. The predicted molar refractivity (Wildman–Crippen MR) is 69.2 cm³/mol. The lowest BCUT2D eigenvalue weighted by atomic mass is 10.1. The van der Waals surface area contributed by atoms with E-state index in [4.69, 9.17) is 4.74 Å². The fourth-order valence-corrected chi connectivity index (χ4v) is 1.58. The van der Waals surface area contributed by atoms with Gasteiger partial charge in [-0.15, -0.1) is 0 Å².